The first-order valence-corrected chi connectivity index (χ1v) is 3.99. The van der Waals surface area contributed by atoms with Gasteiger partial charge in [-0.15, -0.1) is 12.3 Å². The molecular weight excluding hydrogens is 182 g/mol. The van der Waals surface area contributed by atoms with Crippen molar-refractivity contribution in [2.75, 3.05) is 6.61 Å². The number of hydrogen-bond donors (Lipinski definition) is 1. The number of terminal acetylenes is 1. The zero-order valence-electron chi connectivity index (χ0n) is 7.43. The topological polar surface area (TPSA) is 59.4 Å². The molecule has 0 saturated heterocycles. The number of nitrogens with zero attached hydrogens (tertiary/aromatic N) is 1. The minimum atomic E-state index is -1.08. The van der Waals surface area contributed by atoms with E-state index in [-0.39, 0.29) is 5.69 Å². The van der Waals surface area contributed by atoms with Crippen LogP contribution in [0.1, 0.15) is 16.9 Å². The average Bonchev–Trinajstić information content (AvgIpc) is 2.19. The number of carbonyl (C=O) groups is 1. The fourth-order valence-electron chi connectivity index (χ4n) is 0.846. The highest BCUT2D eigenvalue weighted by Crippen LogP contribution is 2.10. The largest absolute Gasteiger partial charge is 0.492 e. The first-order valence-electron chi connectivity index (χ1n) is 3.99. The summed E-state index contributed by atoms with van der Waals surface area (Å²) >= 11 is 0. The Morgan fingerprint density at radius 2 is 2.50 bits per heavy atom. The van der Waals surface area contributed by atoms with E-state index in [0.717, 1.165) is 0 Å². The Kier molecular flexibility index (Phi) is 3.50. The van der Waals surface area contributed by atoms with Crippen molar-refractivity contribution in [3.05, 3.63) is 24.0 Å². The Morgan fingerprint density at radius 3 is 3.14 bits per heavy atom. The maximum Gasteiger partial charge on any atom is 0.354 e. The van der Waals surface area contributed by atoms with Crippen molar-refractivity contribution < 1.29 is 14.6 Å². The van der Waals surface area contributed by atoms with Gasteiger partial charge in [-0.3, -0.25) is 0 Å². The second kappa shape index (κ2) is 4.87. The Hall–Kier alpha value is -2.02. The van der Waals surface area contributed by atoms with Gasteiger partial charge in [0.15, 0.2) is 5.69 Å². The molecule has 0 bridgehead atoms. The molecular formula is C10H9NO3. The molecule has 0 aromatic carbocycles. The lowest BCUT2D eigenvalue weighted by atomic mass is 10.3. The smallest absolute Gasteiger partial charge is 0.354 e. The Labute approximate surface area is 81.5 Å². The van der Waals surface area contributed by atoms with E-state index >= 15 is 0 Å². The van der Waals surface area contributed by atoms with E-state index in [0.29, 0.717) is 18.8 Å². The molecule has 0 saturated carbocycles. The van der Waals surface area contributed by atoms with Gasteiger partial charge in [-0.05, 0) is 6.07 Å². The minimum absolute atomic E-state index is 0.0387. The van der Waals surface area contributed by atoms with Crippen LogP contribution in [0.2, 0.25) is 0 Å². The lowest BCUT2D eigenvalue weighted by Crippen LogP contribution is -2.02. The van der Waals surface area contributed by atoms with E-state index in [1.165, 1.54) is 12.3 Å². The van der Waals surface area contributed by atoms with Crippen LogP contribution < -0.4 is 4.74 Å². The van der Waals surface area contributed by atoms with Gasteiger partial charge < -0.3 is 9.84 Å². The fraction of sp³-hybridized carbons (Fsp3) is 0.200. The average molecular weight is 191 g/mol. The number of aromatic carboxylic acids is 1. The molecule has 0 unspecified atom stereocenters. The van der Waals surface area contributed by atoms with Crippen molar-refractivity contribution in [3.63, 3.8) is 0 Å². The molecule has 0 spiro atoms. The van der Waals surface area contributed by atoms with Gasteiger partial charge in [0.1, 0.15) is 5.75 Å². The Balaban J connectivity index is 2.65. The third-order valence-electron chi connectivity index (χ3n) is 1.47. The maximum absolute atomic E-state index is 10.5. The predicted octanol–water partition coefficient (Wildman–Crippen LogP) is 1.18. The molecule has 1 aromatic heterocycles. The van der Waals surface area contributed by atoms with E-state index in [1.54, 1.807) is 6.07 Å². The molecule has 0 amide bonds. The van der Waals surface area contributed by atoms with Crippen molar-refractivity contribution in [1.29, 1.82) is 0 Å². The summed E-state index contributed by atoms with van der Waals surface area (Å²) in [5.41, 5.74) is -0.0387. The summed E-state index contributed by atoms with van der Waals surface area (Å²) in [6, 6.07) is 2.95. The van der Waals surface area contributed by atoms with Crippen molar-refractivity contribution in [3.8, 4) is 18.1 Å². The number of rotatable bonds is 4. The summed E-state index contributed by atoms with van der Waals surface area (Å²) in [6.45, 7) is 0.375. The zero-order chi connectivity index (χ0) is 10.4. The van der Waals surface area contributed by atoms with Gasteiger partial charge in [-0.2, -0.15) is 0 Å². The quantitative estimate of drug-likeness (QED) is 0.573. The first kappa shape index (κ1) is 10.1. The van der Waals surface area contributed by atoms with Gasteiger partial charge in [0.25, 0.3) is 0 Å². The van der Waals surface area contributed by atoms with Crippen LogP contribution in [0.4, 0.5) is 0 Å². The summed E-state index contributed by atoms with van der Waals surface area (Å²) in [6.07, 6.45) is 6.91. The second-order valence-corrected chi connectivity index (χ2v) is 2.48. The maximum atomic E-state index is 10.5. The van der Waals surface area contributed by atoms with Crippen LogP contribution in [0.25, 0.3) is 0 Å². The number of ether oxygens (including phenoxy) is 1. The lowest BCUT2D eigenvalue weighted by molar-refractivity contribution is 0.0690. The van der Waals surface area contributed by atoms with Crippen LogP contribution in [0.5, 0.6) is 5.75 Å². The highest BCUT2D eigenvalue weighted by atomic mass is 16.5. The highest BCUT2D eigenvalue weighted by Gasteiger charge is 2.04. The summed E-state index contributed by atoms with van der Waals surface area (Å²) in [7, 11) is 0. The number of aromatic nitrogens is 1. The van der Waals surface area contributed by atoms with Gasteiger partial charge in [0.05, 0.1) is 6.61 Å². The number of carboxylic acid groups (broad SMARTS) is 1. The molecule has 0 atom stereocenters. The van der Waals surface area contributed by atoms with Crippen LogP contribution in [-0.2, 0) is 0 Å². The summed E-state index contributed by atoms with van der Waals surface area (Å²) in [5.74, 6) is 1.81. The minimum Gasteiger partial charge on any atom is -0.492 e. The van der Waals surface area contributed by atoms with Gasteiger partial charge in [0.2, 0.25) is 0 Å². The summed E-state index contributed by atoms with van der Waals surface area (Å²) in [4.78, 5) is 14.2. The van der Waals surface area contributed by atoms with Gasteiger partial charge in [-0.1, -0.05) is 0 Å². The molecule has 1 rings (SSSR count). The van der Waals surface area contributed by atoms with Crippen molar-refractivity contribution in [1.82, 2.24) is 4.98 Å². The first-order chi connectivity index (χ1) is 6.74. The van der Waals surface area contributed by atoms with Crippen LogP contribution >= 0.6 is 0 Å². The number of pyridine rings is 1. The van der Waals surface area contributed by atoms with E-state index < -0.39 is 5.97 Å². The van der Waals surface area contributed by atoms with E-state index in [1.807, 2.05) is 0 Å². The molecule has 0 aliphatic heterocycles. The molecule has 4 heteroatoms. The highest BCUT2D eigenvalue weighted by molar-refractivity contribution is 5.85. The van der Waals surface area contributed by atoms with Crippen molar-refractivity contribution in [2.45, 2.75) is 6.42 Å². The monoisotopic (exact) mass is 191 g/mol. The van der Waals surface area contributed by atoms with E-state index in [4.69, 9.17) is 16.3 Å². The van der Waals surface area contributed by atoms with Gasteiger partial charge in [-0.25, -0.2) is 9.78 Å². The molecule has 14 heavy (non-hydrogen) atoms. The molecule has 0 aliphatic rings. The predicted molar refractivity (Wildman–Crippen MR) is 50.1 cm³/mol. The van der Waals surface area contributed by atoms with E-state index in [2.05, 4.69) is 10.9 Å². The summed E-state index contributed by atoms with van der Waals surface area (Å²) in [5, 5.41) is 8.63. The van der Waals surface area contributed by atoms with Crippen LogP contribution in [0.3, 0.4) is 0 Å². The zero-order valence-corrected chi connectivity index (χ0v) is 7.43. The van der Waals surface area contributed by atoms with Crippen LogP contribution in [-0.4, -0.2) is 22.7 Å². The third kappa shape index (κ3) is 2.79. The van der Waals surface area contributed by atoms with Crippen molar-refractivity contribution in [2.24, 2.45) is 0 Å². The Bertz CT molecular complexity index is 368. The molecule has 1 N–H and O–H groups in total. The molecule has 0 aliphatic carbocycles. The standard InChI is InChI=1S/C10H9NO3/c1-2-3-6-14-8-4-5-11-9(7-8)10(12)13/h1,4-5,7H,3,6H2,(H,12,13). The fourth-order valence-corrected chi connectivity index (χ4v) is 0.846. The SMILES string of the molecule is C#CCCOc1ccnc(C(=O)O)c1. The molecule has 72 valence electrons. The van der Waals surface area contributed by atoms with Gasteiger partial charge in [0, 0.05) is 18.7 Å². The van der Waals surface area contributed by atoms with Crippen LogP contribution in [0, 0.1) is 12.3 Å². The number of hydrogen-bond acceptors (Lipinski definition) is 3. The molecule has 0 radical (unpaired) electrons. The Morgan fingerprint density at radius 1 is 1.71 bits per heavy atom. The normalized spacial score (nSPS) is 9.07. The molecule has 0 fully saturated rings. The molecule has 1 heterocycles. The molecule has 4 nitrogen and oxygen atoms in total. The molecule has 1 aromatic rings. The number of carboxylic acids is 1. The van der Waals surface area contributed by atoms with E-state index in [9.17, 15) is 4.79 Å². The second-order valence-electron chi connectivity index (χ2n) is 2.48. The summed E-state index contributed by atoms with van der Waals surface area (Å²) < 4.78 is 5.19. The lowest BCUT2D eigenvalue weighted by Gasteiger charge is -2.03. The van der Waals surface area contributed by atoms with Crippen molar-refractivity contribution >= 4 is 5.97 Å². The third-order valence-corrected chi connectivity index (χ3v) is 1.47. The van der Waals surface area contributed by atoms with Crippen LogP contribution in [0.15, 0.2) is 18.3 Å². The van der Waals surface area contributed by atoms with Gasteiger partial charge >= 0.3 is 5.97 Å².